The van der Waals surface area contributed by atoms with Crippen molar-refractivity contribution in [1.29, 1.82) is 0 Å². The molecule has 0 radical (unpaired) electrons. The lowest BCUT2D eigenvalue weighted by molar-refractivity contribution is 0.233. The third-order valence-corrected chi connectivity index (χ3v) is 13.1. The molecule has 0 N–H and O–H groups in total. The van der Waals surface area contributed by atoms with Gasteiger partial charge in [-0.2, -0.15) is 11.8 Å². The molecule has 0 aliphatic carbocycles. The van der Waals surface area contributed by atoms with Gasteiger partial charge in [-0.05, 0) is 87.6 Å². The van der Waals surface area contributed by atoms with Crippen LogP contribution in [0.1, 0.15) is 118 Å². The van der Waals surface area contributed by atoms with Crippen molar-refractivity contribution in [2.24, 2.45) is 11.8 Å². The summed E-state index contributed by atoms with van der Waals surface area (Å²) in [6.07, 6.45) is 21.8. The number of ether oxygens (including phenoxy) is 2. The second-order valence-electron chi connectivity index (χ2n) is 10.7. The van der Waals surface area contributed by atoms with Crippen molar-refractivity contribution < 1.29 is 9.47 Å². The van der Waals surface area contributed by atoms with Crippen molar-refractivity contribution in [3.63, 3.8) is 0 Å². The van der Waals surface area contributed by atoms with Crippen LogP contribution in [-0.4, -0.2) is 43.0 Å². The molecule has 2 aliphatic heterocycles. The Labute approximate surface area is 252 Å². The van der Waals surface area contributed by atoms with Crippen molar-refractivity contribution in [3.05, 3.63) is 12.2 Å². The van der Waals surface area contributed by atoms with Crippen molar-refractivity contribution in [2.75, 3.05) is 13.2 Å². The summed E-state index contributed by atoms with van der Waals surface area (Å²) in [6, 6.07) is 0. The van der Waals surface area contributed by atoms with Crippen LogP contribution in [-0.2, 0) is 9.47 Å². The van der Waals surface area contributed by atoms with E-state index in [1.54, 1.807) is 0 Å². The maximum atomic E-state index is 6.14. The summed E-state index contributed by atoms with van der Waals surface area (Å²) in [5, 5.41) is 2.33. The van der Waals surface area contributed by atoms with Gasteiger partial charge in [0.25, 0.3) is 0 Å². The first-order valence-electron chi connectivity index (χ1n) is 15.0. The third kappa shape index (κ3) is 13.7. The summed E-state index contributed by atoms with van der Waals surface area (Å²) in [7, 11) is 0. The van der Waals surface area contributed by atoms with E-state index >= 15 is 0 Å². The van der Waals surface area contributed by atoms with Crippen molar-refractivity contribution in [1.82, 2.24) is 0 Å². The van der Waals surface area contributed by atoms with E-state index in [2.05, 4.69) is 51.6 Å². The fourth-order valence-corrected chi connectivity index (χ4v) is 10.2. The molecule has 0 amide bonds. The Morgan fingerprint density at radius 2 is 1.19 bits per heavy atom. The molecule has 2 bridgehead atoms. The van der Waals surface area contributed by atoms with Crippen LogP contribution in [0.25, 0.3) is 0 Å². The first-order chi connectivity index (χ1) is 18.0. The predicted molar refractivity (Wildman–Crippen MR) is 178 cm³/mol. The van der Waals surface area contributed by atoms with Crippen molar-refractivity contribution in [2.45, 2.75) is 139 Å². The van der Waals surface area contributed by atoms with Gasteiger partial charge in [0.2, 0.25) is 8.77 Å². The van der Waals surface area contributed by atoms with E-state index in [0.717, 1.165) is 34.8 Å². The molecule has 0 aromatic heterocycles. The molecule has 2 heterocycles. The Balaban J connectivity index is 1.89. The highest BCUT2D eigenvalue weighted by molar-refractivity contribution is 8.24. The van der Waals surface area contributed by atoms with Gasteiger partial charge in [0, 0.05) is 21.0 Å². The SMILES string of the molecule is CCCCC(CC)COC(=S)SC1CCC=CCCC(SC(=S)OCC(CC)CCCC)C2CCC1S2. The molecule has 0 saturated carbocycles. The number of thioether (sulfide) groups is 3. The summed E-state index contributed by atoms with van der Waals surface area (Å²) >= 11 is 17.3. The minimum Gasteiger partial charge on any atom is -0.478 e. The second kappa shape index (κ2) is 20.4. The van der Waals surface area contributed by atoms with Crippen molar-refractivity contribution in [3.8, 4) is 0 Å². The minimum absolute atomic E-state index is 0.527. The van der Waals surface area contributed by atoms with Gasteiger partial charge in [-0.3, -0.25) is 0 Å². The molecule has 2 rings (SSSR count). The number of fused-ring (bicyclic) bond motifs is 2. The number of hydrogen-bond acceptors (Lipinski definition) is 7. The number of rotatable bonds is 14. The number of hydrogen-bond donors (Lipinski definition) is 0. The summed E-state index contributed by atoms with van der Waals surface area (Å²) in [5.41, 5.74) is 0. The van der Waals surface area contributed by atoms with Crippen molar-refractivity contribution >= 4 is 68.5 Å². The molecule has 37 heavy (non-hydrogen) atoms. The highest BCUT2D eigenvalue weighted by atomic mass is 32.2. The fraction of sp³-hybridized carbons (Fsp3) is 0.867. The van der Waals surface area contributed by atoms with E-state index in [9.17, 15) is 0 Å². The highest BCUT2D eigenvalue weighted by Gasteiger charge is 2.37. The lowest BCUT2D eigenvalue weighted by Gasteiger charge is -2.26. The van der Waals surface area contributed by atoms with Crippen LogP contribution in [0.4, 0.5) is 0 Å². The van der Waals surface area contributed by atoms with Gasteiger partial charge in [0.1, 0.15) is 0 Å². The van der Waals surface area contributed by atoms with Gasteiger partial charge < -0.3 is 9.47 Å². The standard InChI is InChI=1S/C30H52O2S5/c1-5-9-15-23(7-3)21-31-29(33)36-25-17-13-11-12-14-18-26(28-20-19-27(25)35-28)37-30(34)32-22-24(8-4)16-10-6-2/h11-12,23-28H,5-10,13-22H2,1-4H3. The molecule has 2 aliphatic rings. The van der Waals surface area contributed by atoms with Gasteiger partial charge in [0.05, 0.1) is 13.2 Å². The zero-order chi connectivity index (χ0) is 26.9. The van der Waals surface area contributed by atoms with Crippen LogP contribution in [0, 0.1) is 11.8 Å². The van der Waals surface area contributed by atoms with Gasteiger partial charge in [-0.15, -0.1) is 0 Å². The monoisotopic (exact) mass is 604 g/mol. The molecule has 0 aromatic rings. The van der Waals surface area contributed by atoms with Gasteiger partial charge in [-0.25, -0.2) is 0 Å². The van der Waals surface area contributed by atoms with Gasteiger partial charge in [0.15, 0.2) is 0 Å². The number of thiocarbonyl (C=S) groups is 2. The lowest BCUT2D eigenvalue weighted by Crippen LogP contribution is -2.23. The van der Waals surface area contributed by atoms with E-state index in [0.29, 0.717) is 32.8 Å². The molecule has 7 heteroatoms. The fourth-order valence-electron chi connectivity index (χ4n) is 5.12. The van der Waals surface area contributed by atoms with E-state index in [4.69, 9.17) is 33.9 Å². The van der Waals surface area contributed by atoms with Crippen LogP contribution in [0.3, 0.4) is 0 Å². The van der Waals surface area contributed by atoms with Crippen LogP contribution >= 0.6 is 59.7 Å². The largest absolute Gasteiger partial charge is 0.478 e. The Morgan fingerprint density at radius 1 is 0.757 bits per heavy atom. The molecular formula is C30H52O2S5. The molecule has 1 saturated heterocycles. The van der Waals surface area contributed by atoms with E-state index in [-0.39, 0.29) is 0 Å². The maximum Gasteiger partial charge on any atom is 0.220 e. The summed E-state index contributed by atoms with van der Waals surface area (Å²) in [6.45, 7) is 10.6. The Hall–Kier alpha value is 0.570. The second-order valence-corrected chi connectivity index (χ2v) is 15.8. The summed E-state index contributed by atoms with van der Waals surface area (Å²) in [4.78, 5) is 0. The Morgan fingerprint density at radius 3 is 1.57 bits per heavy atom. The minimum atomic E-state index is 0.527. The van der Waals surface area contributed by atoms with Crippen LogP contribution < -0.4 is 0 Å². The van der Waals surface area contributed by atoms with Crippen LogP contribution in [0.2, 0.25) is 0 Å². The number of unbranched alkanes of at least 4 members (excludes halogenated alkanes) is 2. The lowest BCUT2D eigenvalue weighted by atomic mass is 10.0. The van der Waals surface area contributed by atoms with E-state index < -0.39 is 0 Å². The molecule has 6 atom stereocenters. The normalized spacial score (nSPS) is 25.7. The summed E-state index contributed by atoms with van der Waals surface area (Å²) < 4.78 is 13.8. The van der Waals surface area contributed by atoms with Crippen LogP contribution in [0.5, 0.6) is 0 Å². The third-order valence-electron chi connectivity index (χ3n) is 7.77. The Kier molecular flexibility index (Phi) is 18.7. The quantitative estimate of drug-likeness (QED) is 0.143. The van der Waals surface area contributed by atoms with Crippen LogP contribution in [0.15, 0.2) is 12.2 Å². The molecule has 0 spiro atoms. The Bertz CT molecular complexity index is 616. The number of allylic oxidation sites excluding steroid dienone is 2. The smallest absolute Gasteiger partial charge is 0.220 e. The molecule has 6 unspecified atom stereocenters. The topological polar surface area (TPSA) is 18.5 Å². The molecule has 214 valence electrons. The first-order valence-corrected chi connectivity index (χ1v) is 18.5. The molecule has 0 aromatic carbocycles. The highest BCUT2D eigenvalue weighted by Crippen LogP contribution is 2.46. The predicted octanol–water partition coefficient (Wildman–Crippen LogP) is 10.6. The van der Waals surface area contributed by atoms with E-state index in [1.165, 1.54) is 77.0 Å². The van der Waals surface area contributed by atoms with Gasteiger partial charge >= 0.3 is 0 Å². The zero-order valence-corrected chi connectivity index (χ0v) is 27.9. The van der Waals surface area contributed by atoms with E-state index in [1.807, 2.05) is 23.5 Å². The summed E-state index contributed by atoms with van der Waals surface area (Å²) in [5.74, 6) is 1.25. The molecular weight excluding hydrogens is 553 g/mol. The first kappa shape index (κ1) is 33.8. The maximum absolute atomic E-state index is 6.14. The van der Waals surface area contributed by atoms with Gasteiger partial charge in [-0.1, -0.05) is 102 Å². The average Bonchev–Trinajstić information content (AvgIpc) is 3.38. The average molecular weight is 605 g/mol. The zero-order valence-electron chi connectivity index (χ0n) is 23.8. The molecule has 2 nitrogen and oxygen atoms in total. The molecule has 1 fully saturated rings.